The molecule has 0 radical (unpaired) electrons. The summed E-state index contributed by atoms with van der Waals surface area (Å²) in [6.45, 7) is 5.05. The second-order valence-corrected chi connectivity index (χ2v) is 5.96. The summed E-state index contributed by atoms with van der Waals surface area (Å²) in [5, 5.41) is 8.29. The highest BCUT2D eigenvalue weighted by atomic mass is 32.2. The first-order valence-corrected chi connectivity index (χ1v) is 7.58. The second-order valence-electron chi connectivity index (χ2n) is 4.40. The SMILES string of the molecule is CCC(CC)CNc1cc(N)cc(S(N)(=O)=O)c1. The van der Waals surface area contributed by atoms with Gasteiger partial charge >= 0.3 is 0 Å². The van der Waals surface area contributed by atoms with Gasteiger partial charge in [0.1, 0.15) is 0 Å². The molecule has 102 valence electrons. The summed E-state index contributed by atoms with van der Waals surface area (Å²) in [7, 11) is -3.72. The molecule has 0 spiro atoms. The van der Waals surface area contributed by atoms with Crippen LogP contribution in [-0.2, 0) is 10.0 Å². The van der Waals surface area contributed by atoms with Crippen LogP contribution in [0.1, 0.15) is 26.7 Å². The fourth-order valence-corrected chi connectivity index (χ4v) is 2.32. The lowest BCUT2D eigenvalue weighted by Crippen LogP contribution is -2.15. The monoisotopic (exact) mass is 271 g/mol. The summed E-state index contributed by atoms with van der Waals surface area (Å²) >= 11 is 0. The third-order valence-corrected chi connectivity index (χ3v) is 3.90. The quantitative estimate of drug-likeness (QED) is 0.687. The van der Waals surface area contributed by atoms with Gasteiger partial charge in [-0.2, -0.15) is 0 Å². The molecule has 0 aliphatic carbocycles. The fraction of sp³-hybridized carbons (Fsp3) is 0.500. The molecule has 0 saturated carbocycles. The van der Waals surface area contributed by atoms with Gasteiger partial charge < -0.3 is 11.1 Å². The molecule has 18 heavy (non-hydrogen) atoms. The minimum atomic E-state index is -3.72. The van der Waals surface area contributed by atoms with E-state index in [4.69, 9.17) is 10.9 Å². The first-order chi connectivity index (χ1) is 8.36. The molecule has 0 unspecified atom stereocenters. The molecule has 0 heterocycles. The minimum absolute atomic E-state index is 0.0366. The number of hydrogen-bond donors (Lipinski definition) is 3. The van der Waals surface area contributed by atoms with Gasteiger partial charge in [0.05, 0.1) is 4.90 Å². The van der Waals surface area contributed by atoms with Gasteiger partial charge in [0, 0.05) is 17.9 Å². The fourth-order valence-electron chi connectivity index (χ4n) is 1.73. The number of rotatable bonds is 6. The molecule has 0 bridgehead atoms. The van der Waals surface area contributed by atoms with Crippen molar-refractivity contribution in [2.24, 2.45) is 11.1 Å². The summed E-state index contributed by atoms with van der Waals surface area (Å²) in [6, 6.07) is 4.57. The topological polar surface area (TPSA) is 98.2 Å². The molecule has 0 aliphatic heterocycles. The molecule has 0 aliphatic rings. The molecule has 0 atom stereocenters. The number of benzene rings is 1. The van der Waals surface area contributed by atoms with Crippen LogP contribution in [0, 0.1) is 5.92 Å². The standard InChI is InChI=1S/C12H21N3O2S/c1-3-9(4-2)8-15-11-5-10(13)6-12(7-11)18(14,16)17/h5-7,9,15H,3-4,8,13H2,1-2H3,(H2,14,16,17). The zero-order valence-corrected chi connectivity index (χ0v) is 11.6. The van der Waals surface area contributed by atoms with Crippen molar-refractivity contribution in [3.63, 3.8) is 0 Å². The Hall–Kier alpha value is -1.27. The van der Waals surface area contributed by atoms with Crippen molar-refractivity contribution in [1.82, 2.24) is 0 Å². The predicted molar refractivity (Wildman–Crippen MR) is 74.8 cm³/mol. The number of primary sulfonamides is 1. The predicted octanol–water partition coefficient (Wildman–Crippen LogP) is 1.76. The van der Waals surface area contributed by atoms with E-state index in [-0.39, 0.29) is 4.90 Å². The first-order valence-electron chi connectivity index (χ1n) is 6.04. The van der Waals surface area contributed by atoms with Crippen molar-refractivity contribution in [2.75, 3.05) is 17.6 Å². The van der Waals surface area contributed by atoms with Crippen molar-refractivity contribution in [2.45, 2.75) is 31.6 Å². The molecule has 0 amide bonds. The van der Waals surface area contributed by atoms with Gasteiger partial charge in [0.15, 0.2) is 0 Å². The lowest BCUT2D eigenvalue weighted by Gasteiger charge is -2.15. The van der Waals surface area contributed by atoms with Gasteiger partial charge in [-0.1, -0.05) is 26.7 Å². The number of nitrogens with one attached hydrogen (secondary N) is 1. The Labute approximate surface area is 109 Å². The molecular formula is C12H21N3O2S. The highest BCUT2D eigenvalue weighted by Crippen LogP contribution is 2.20. The molecule has 5 N–H and O–H groups in total. The van der Waals surface area contributed by atoms with Crippen LogP contribution in [0.15, 0.2) is 23.1 Å². The molecule has 0 fully saturated rings. The van der Waals surface area contributed by atoms with Crippen LogP contribution in [0.3, 0.4) is 0 Å². The Balaban J connectivity index is 2.87. The molecule has 5 nitrogen and oxygen atoms in total. The molecule has 1 rings (SSSR count). The number of nitrogens with two attached hydrogens (primary N) is 2. The van der Waals surface area contributed by atoms with Crippen molar-refractivity contribution < 1.29 is 8.42 Å². The average Bonchev–Trinajstić information content (AvgIpc) is 2.28. The van der Waals surface area contributed by atoms with Gasteiger partial charge in [-0.15, -0.1) is 0 Å². The van der Waals surface area contributed by atoms with Gasteiger partial charge in [-0.25, -0.2) is 13.6 Å². The van der Waals surface area contributed by atoms with Crippen molar-refractivity contribution >= 4 is 21.4 Å². The molecule has 6 heteroatoms. The summed E-state index contributed by atoms with van der Waals surface area (Å²) in [4.78, 5) is 0.0366. The maximum absolute atomic E-state index is 11.3. The van der Waals surface area contributed by atoms with Crippen LogP contribution in [0.25, 0.3) is 0 Å². The molecule has 0 saturated heterocycles. The number of anilines is 2. The van der Waals surface area contributed by atoms with Crippen molar-refractivity contribution in [3.05, 3.63) is 18.2 Å². The highest BCUT2D eigenvalue weighted by molar-refractivity contribution is 7.89. The van der Waals surface area contributed by atoms with E-state index >= 15 is 0 Å². The molecule has 1 aromatic carbocycles. The smallest absolute Gasteiger partial charge is 0.238 e. The normalized spacial score (nSPS) is 11.8. The van der Waals surface area contributed by atoms with Crippen LogP contribution in [0.5, 0.6) is 0 Å². The maximum atomic E-state index is 11.3. The third-order valence-electron chi connectivity index (χ3n) is 3.01. The second kappa shape index (κ2) is 6.06. The van der Waals surface area contributed by atoms with E-state index in [1.807, 2.05) is 0 Å². The van der Waals surface area contributed by atoms with E-state index in [9.17, 15) is 8.42 Å². The molecular weight excluding hydrogens is 250 g/mol. The van der Waals surface area contributed by atoms with E-state index in [2.05, 4.69) is 19.2 Å². The van der Waals surface area contributed by atoms with Crippen molar-refractivity contribution in [1.29, 1.82) is 0 Å². The number of hydrogen-bond acceptors (Lipinski definition) is 4. The Morgan fingerprint density at radius 3 is 2.33 bits per heavy atom. The lowest BCUT2D eigenvalue weighted by molar-refractivity contribution is 0.519. The van der Waals surface area contributed by atoms with E-state index < -0.39 is 10.0 Å². The van der Waals surface area contributed by atoms with Crippen molar-refractivity contribution in [3.8, 4) is 0 Å². The highest BCUT2D eigenvalue weighted by Gasteiger charge is 2.10. The Bertz CT molecular complexity index is 496. The average molecular weight is 271 g/mol. The lowest BCUT2D eigenvalue weighted by atomic mass is 10.0. The largest absolute Gasteiger partial charge is 0.399 e. The zero-order chi connectivity index (χ0) is 13.8. The first kappa shape index (κ1) is 14.8. The molecule has 0 aromatic heterocycles. The van der Waals surface area contributed by atoms with Gasteiger partial charge in [-0.05, 0) is 24.1 Å². The van der Waals surface area contributed by atoms with E-state index in [1.54, 1.807) is 6.07 Å². The Morgan fingerprint density at radius 1 is 1.22 bits per heavy atom. The van der Waals surface area contributed by atoms with Crippen LogP contribution < -0.4 is 16.2 Å². The Morgan fingerprint density at radius 2 is 1.83 bits per heavy atom. The van der Waals surface area contributed by atoms with Crippen LogP contribution in [0.4, 0.5) is 11.4 Å². The van der Waals surface area contributed by atoms with E-state index in [0.717, 1.165) is 19.4 Å². The van der Waals surface area contributed by atoms with E-state index in [1.165, 1.54) is 12.1 Å². The van der Waals surface area contributed by atoms with Gasteiger partial charge in [0.25, 0.3) is 0 Å². The van der Waals surface area contributed by atoms with Gasteiger partial charge in [-0.3, -0.25) is 0 Å². The number of nitrogen functional groups attached to an aromatic ring is 1. The summed E-state index contributed by atoms with van der Waals surface area (Å²) < 4.78 is 22.6. The number of sulfonamides is 1. The van der Waals surface area contributed by atoms with Crippen LogP contribution in [-0.4, -0.2) is 15.0 Å². The van der Waals surface area contributed by atoms with Crippen LogP contribution >= 0.6 is 0 Å². The summed E-state index contributed by atoms with van der Waals surface area (Å²) in [5.74, 6) is 0.560. The summed E-state index contributed by atoms with van der Waals surface area (Å²) in [6.07, 6.45) is 2.15. The molecule has 1 aromatic rings. The van der Waals surface area contributed by atoms with Crippen LogP contribution in [0.2, 0.25) is 0 Å². The minimum Gasteiger partial charge on any atom is -0.399 e. The van der Waals surface area contributed by atoms with Gasteiger partial charge in [0.2, 0.25) is 10.0 Å². The zero-order valence-electron chi connectivity index (χ0n) is 10.8. The van der Waals surface area contributed by atoms with E-state index in [0.29, 0.717) is 17.3 Å². The summed E-state index contributed by atoms with van der Waals surface area (Å²) in [5.41, 5.74) is 6.74. The third kappa shape index (κ3) is 4.19. The Kier molecular flexibility index (Phi) is 4.98. The maximum Gasteiger partial charge on any atom is 0.238 e.